The monoisotopic (exact) mass is 485 g/mol. The molecule has 0 aliphatic heterocycles. The summed E-state index contributed by atoms with van der Waals surface area (Å²) in [7, 11) is 0. The van der Waals surface area contributed by atoms with E-state index in [0.29, 0.717) is 5.71 Å². The van der Waals surface area contributed by atoms with Crippen molar-refractivity contribution < 1.29 is 9.59 Å². The number of rotatable bonds is 6. The predicted octanol–water partition coefficient (Wildman–Crippen LogP) is 4.70. The highest BCUT2D eigenvalue weighted by Crippen LogP contribution is 2.16. The van der Waals surface area contributed by atoms with Crippen LogP contribution in [0.5, 0.6) is 0 Å². The molecule has 0 aliphatic carbocycles. The Bertz CT molecular complexity index is 1030. The topological polar surface area (TPSA) is 70.6 Å². The third-order valence-corrected chi connectivity index (χ3v) is 4.94. The second-order valence-electron chi connectivity index (χ2n) is 6.35. The number of carbonyl (C=O) groups is 2. The zero-order valence-electron chi connectivity index (χ0n) is 15.4. The number of nitrogens with one attached hydrogen (secondary N) is 2. The number of hydrogen-bond donors (Lipinski definition) is 2. The Kier molecular flexibility index (Phi) is 6.76. The fourth-order valence-corrected chi connectivity index (χ4v) is 3.02. The van der Waals surface area contributed by atoms with E-state index in [0.717, 1.165) is 25.6 Å². The number of nitrogens with zero attached hydrogens (tertiary/aromatic N) is 1. The van der Waals surface area contributed by atoms with Crippen molar-refractivity contribution in [1.82, 2.24) is 5.43 Å². The van der Waals surface area contributed by atoms with E-state index in [1.54, 1.807) is 0 Å². The molecule has 2 amide bonds. The van der Waals surface area contributed by atoms with Crippen molar-refractivity contribution >= 4 is 56.6 Å². The number of fused-ring (bicyclic) bond motifs is 1. The van der Waals surface area contributed by atoms with Crippen LogP contribution in [-0.4, -0.2) is 17.5 Å². The van der Waals surface area contributed by atoms with Crippen LogP contribution in [0.4, 0.5) is 5.69 Å². The number of amides is 2. The molecule has 28 heavy (non-hydrogen) atoms. The molecule has 0 bridgehead atoms. The number of halogens is 1. The molecule has 0 atom stereocenters. The number of hydrazone groups is 1. The molecule has 0 aliphatic rings. The van der Waals surface area contributed by atoms with Crippen molar-refractivity contribution in [3.8, 4) is 0 Å². The lowest BCUT2D eigenvalue weighted by Crippen LogP contribution is -2.21. The third-order valence-electron chi connectivity index (χ3n) is 4.22. The first-order valence-electron chi connectivity index (χ1n) is 8.89. The van der Waals surface area contributed by atoms with Gasteiger partial charge in [0.1, 0.15) is 0 Å². The molecule has 0 saturated carbocycles. The minimum Gasteiger partial charge on any atom is -0.326 e. The van der Waals surface area contributed by atoms with Crippen LogP contribution >= 0.6 is 22.6 Å². The predicted molar refractivity (Wildman–Crippen MR) is 121 cm³/mol. The summed E-state index contributed by atoms with van der Waals surface area (Å²) in [6, 6.07) is 21.6. The maximum Gasteiger partial charge on any atom is 0.240 e. The molecule has 6 heteroatoms. The molecule has 0 spiro atoms. The molecular formula is C22H20IN3O2. The summed E-state index contributed by atoms with van der Waals surface area (Å²) in [6.07, 6.45) is 0.174. The van der Waals surface area contributed by atoms with Gasteiger partial charge in [-0.25, -0.2) is 5.43 Å². The molecule has 0 fully saturated rings. The maximum atomic E-state index is 12.0. The van der Waals surface area contributed by atoms with Crippen molar-refractivity contribution in [2.45, 2.75) is 19.8 Å². The van der Waals surface area contributed by atoms with Gasteiger partial charge in [-0.05, 0) is 76.2 Å². The van der Waals surface area contributed by atoms with Crippen LogP contribution in [0.2, 0.25) is 0 Å². The molecule has 0 aromatic heterocycles. The van der Waals surface area contributed by atoms with Crippen LogP contribution in [0, 0.1) is 3.57 Å². The van der Waals surface area contributed by atoms with Crippen LogP contribution in [0.15, 0.2) is 71.8 Å². The molecule has 3 rings (SSSR count). The van der Waals surface area contributed by atoms with E-state index < -0.39 is 0 Å². The molecule has 2 N–H and O–H groups in total. The van der Waals surface area contributed by atoms with E-state index in [9.17, 15) is 9.59 Å². The molecule has 142 valence electrons. The van der Waals surface area contributed by atoms with E-state index in [4.69, 9.17) is 0 Å². The lowest BCUT2D eigenvalue weighted by Gasteiger charge is -2.06. The molecule has 3 aromatic carbocycles. The van der Waals surface area contributed by atoms with E-state index in [-0.39, 0.29) is 24.7 Å². The average Bonchev–Trinajstić information content (AvgIpc) is 2.71. The Labute approximate surface area is 177 Å². The summed E-state index contributed by atoms with van der Waals surface area (Å²) in [5.41, 5.74) is 4.89. The van der Waals surface area contributed by atoms with E-state index >= 15 is 0 Å². The lowest BCUT2D eigenvalue weighted by atomic mass is 10.0. The van der Waals surface area contributed by atoms with Gasteiger partial charge in [0.05, 0.1) is 5.71 Å². The van der Waals surface area contributed by atoms with Gasteiger partial charge in [-0.1, -0.05) is 36.4 Å². The van der Waals surface area contributed by atoms with E-state index in [1.165, 1.54) is 0 Å². The molecule has 0 saturated heterocycles. The van der Waals surface area contributed by atoms with Crippen molar-refractivity contribution in [1.29, 1.82) is 0 Å². The van der Waals surface area contributed by atoms with Crippen molar-refractivity contribution in [3.05, 3.63) is 75.9 Å². The molecule has 0 radical (unpaired) electrons. The quantitative estimate of drug-likeness (QED) is 0.302. The fourth-order valence-electron chi connectivity index (χ4n) is 2.66. The summed E-state index contributed by atoms with van der Waals surface area (Å²) in [5, 5.41) is 9.20. The lowest BCUT2D eigenvalue weighted by molar-refractivity contribution is -0.124. The van der Waals surface area contributed by atoms with Crippen molar-refractivity contribution in [2.24, 2.45) is 5.10 Å². The fraction of sp³-hybridized carbons (Fsp3) is 0.136. The molecule has 3 aromatic rings. The summed E-state index contributed by atoms with van der Waals surface area (Å²) < 4.78 is 1.09. The first kappa shape index (κ1) is 20.0. The second-order valence-corrected chi connectivity index (χ2v) is 7.59. The van der Waals surface area contributed by atoms with Gasteiger partial charge < -0.3 is 5.32 Å². The normalized spacial score (nSPS) is 11.3. The van der Waals surface area contributed by atoms with Gasteiger partial charge in [-0.3, -0.25) is 9.59 Å². The van der Waals surface area contributed by atoms with Crippen LogP contribution < -0.4 is 10.7 Å². The van der Waals surface area contributed by atoms with Crippen LogP contribution in [-0.2, 0) is 9.59 Å². The highest BCUT2D eigenvalue weighted by atomic mass is 127. The molecule has 0 unspecified atom stereocenters. The highest BCUT2D eigenvalue weighted by Gasteiger charge is 2.07. The average molecular weight is 485 g/mol. The molecular weight excluding hydrogens is 465 g/mol. The largest absolute Gasteiger partial charge is 0.326 e. The highest BCUT2D eigenvalue weighted by molar-refractivity contribution is 14.1. The Morgan fingerprint density at radius 1 is 0.893 bits per heavy atom. The second kappa shape index (κ2) is 9.45. The summed E-state index contributed by atoms with van der Waals surface area (Å²) in [5.74, 6) is -0.496. The van der Waals surface area contributed by atoms with Crippen LogP contribution in [0.1, 0.15) is 25.3 Å². The minimum atomic E-state index is -0.294. The van der Waals surface area contributed by atoms with Gasteiger partial charge in [0.15, 0.2) is 0 Å². The summed E-state index contributed by atoms with van der Waals surface area (Å²) in [4.78, 5) is 24.0. The van der Waals surface area contributed by atoms with E-state index in [2.05, 4.69) is 44.5 Å². The maximum absolute atomic E-state index is 12.0. The SMILES string of the molecule is CC(=NNC(=O)CCC(=O)Nc1ccc(I)cc1)c1ccc2ccccc2c1. The first-order valence-corrected chi connectivity index (χ1v) is 9.97. The van der Waals surface area contributed by atoms with Crippen LogP contribution in [0.25, 0.3) is 10.8 Å². The Balaban J connectivity index is 1.50. The minimum absolute atomic E-state index is 0.0741. The number of anilines is 1. The van der Waals surface area contributed by atoms with Gasteiger partial charge >= 0.3 is 0 Å². The first-order chi connectivity index (χ1) is 13.5. The third kappa shape index (κ3) is 5.63. The van der Waals surface area contributed by atoms with Gasteiger partial charge in [-0.2, -0.15) is 5.10 Å². The van der Waals surface area contributed by atoms with Crippen LogP contribution in [0.3, 0.4) is 0 Å². The van der Waals surface area contributed by atoms with Gasteiger partial charge in [0.25, 0.3) is 0 Å². The van der Waals surface area contributed by atoms with E-state index in [1.807, 2.05) is 67.6 Å². The smallest absolute Gasteiger partial charge is 0.240 e. The molecule has 5 nitrogen and oxygen atoms in total. The Hall–Kier alpha value is -2.74. The number of hydrogen-bond acceptors (Lipinski definition) is 3. The van der Waals surface area contributed by atoms with Gasteiger partial charge in [0.2, 0.25) is 11.8 Å². The van der Waals surface area contributed by atoms with Crippen molar-refractivity contribution in [3.63, 3.8) is 0 Å². The molecule has 0 heterocycles. The van der Waals surface area contributed by atoms with Gasteiger partial charge in [0, 0.05) is 22.1 Å². The number of benzene rings is 3. The number of carbonyl (C=O) groups excluding carboxylic acids is 2. The Morgan fingerprint density at radius 2 is 1.57 bits per heavy atom. The zero-order chi connectivity index (χ0) is 19.9. The summed E-state index contributed by atoms with van der Waals surface area (Å²) in [6.45, 7) is 1.84. The Morgan fingerprint density at radius 3 is 2.32 bits per heavy atom. The van der Waals surface area contributed by atoms with Crippen molar-refractivity contribution in [2.75, 3.05) is 5.32 Å². The van der Waals surface area contributed by atoms with Gasteiger partial charge in [-0.15, -0.1) is 0 Å². The summed E-state index contributed by atoms with van der Waals surface area (Å²) >= 11 is 2.20. The zero-order valence-corrected chi connectivity index (χ0v) is 17.6. The standard InChI is InChI=1S/C22H20IN3O2/c1-15(17-7-6-16-4-2-3-5-18(16)14-17)25-26-22(28)13-12-21(27)24-20-10-8-19(23)9-11-20/h2-11,14H,12-13H2,1H3,(H,24,27)(H,26,28).